The first-order valence-corrected chi connectivity index (χ1v) is 6.42. The van der Waals surface area contributed by atoms with Crippen LogP contribution in [-0.2, 0) is 9.47 Å². The molecule has 0 aliphatic carbocycles. The molecule has 0 aliphatic rings. The Hall–Kier alpha value is -0.0800. The summed E-state index contributed by atoms with van der Waals surface area (Å²) in [5.74, 6) is 0.624. The van der Waals surface area contributed by atoms with Gasteiger partial charge in [0.15, 0.2) is 0 Å². The van der Waals surface area contributed by atoms with E-state index >= 15 is 0 Å². The lowest BCUT2D eigenvalue weighted by molar-refractivity contribution is 0.0365. The van der Waals surface area contributed by atoms with Crippen molar-refractivity contribution in [2.75, 3.05) is 26.4 Å². The molecular formula is C13H28O2. The summed E-state index contributed by atoms with van der Waals surface area (Å²) in [6, 6.07) is 0. The highest BCUT2D eigenvalue weighted by atomic mass is 16.5. The zero-order valence-electron chi connectivity index (χ0n) is 10.8. The van der Waals surface area contributed by atoms with Gasteiger partial charge in [0.2, 0.25) is 0 Å². The smallest absolute Gasteiger partial charge is 0.0700 e. The highest BCUT2D eigenvalue weighted by molar-refractivity contribution is 4.42. The van der Waals surface area contributed by atoms with Crippen molar-refractivity contribution in [2.24, 2.45) is 5.92 Å². The molecule has 0 unspecified atom stereocenters. The first kappa shape index (κ1) is 14.9. The standard InChI is InChI=1S/C13H28O2/c1-4-5-6-7-8-9-14-10-11-15-12-13(2)3/h13H,4-12H2,1-3H3. The van der Waals surface area contributed by atoms with Gasteiger partial charge in [0, 0.05) is 13.2 Å². The van der Waals surface area contributed by atoms with Crippen LogP contribution in [0.5, 0.6) is 0 Å². The predicted octanol–water partition coefficient (Wildman–Crippen LogP) is 3.65. The van der Waals surface area contributed by atoms with Crippen LogP contribution in [-0.4, -0.2) is 26.4 Å². The van der Waals surface area contributed by atoms with Gasteiger partial charge in [-0.05, 0) is 12.3 Å². The second kappa shape index (κ2) is 12.0. The third-order valence-electron chi connectivity index (χ3n) is 2.22. The van der Waals surface area contributed by atoms with Gasteiger partial charge in [0.1, 0.15) is 0 Å². The zero-order chi connectivity index (χ0) is 11.4. The molecule has 0 rings (SSSR count). The second-order valence-electron chi connectivity index (χ2n) is 4.50. The van der Waals surface area contributed by atoms with E-state index < -0.39 is 0 Å². The van der Waals surface area contributed by atoms with Crippen molar-refractivity contribution in [1.29, 1.82) is 0 Å². The largest absolute Gasteiger partial charge is 0.379 e. The maximum atomic E-state index is 5.47. The molecule has 92 valence electrons. The molecule has 2 nitrogen and oxygen atoms in total. The Bertz CT molecular complexity index is 113. The van der Waals surface area contributed by atoms with E-state index in [1.165, 1.54) is 32.1 Å². The van der Waals surface area contributed by atoms with Crippen LogP contribution in [0.3, 0.4) is 0 Å². The molecule has 2 heteroatoms. The zero-order valence-corrected chi connectivity index (χ0v) is 10.8. The minimum atomic E-state index is 0.624. The summed E-state index contributed by atoms with van der Waals surface area (Å²) in [4.78, 5) is 0. The van der Waals surface area contributed by atoms with Crippen molar-refractivity contribution in [2.45, 2.75) is 52.9 Å². The Labute approximate surface area is 95.3 Å². The molecule has 0 heterocycles. The average Bonchev–Trinajstić information content (AvgIpc) is 2.20. The molecule has 0 saturated heterocycles. The quantitative estimate of drug-likeness (QED) is 0.491. The van der Waals surface area contributed by atoms with Gasteiger partial charge in [0.25, 0.3) is 0 Å². The molecule has 0 spiro atoms. The lowest BCUT2D eigenvalue weighted by Crippen LogP contribution is -2.09. The van der Waals surface area contributed by atoms with E-state index in [4.69, 9.17) is 9.47 Å². The fraction of sp³-hybridized carbons (Fsp3) is 1.00. The molecule has 0 aliphatic heterocycles. The lowest BCUT2D eigenvalue weighted by atomic mass is 10.2. The van der Waals surface area contributed by atoms with E-state index in [1.54, 1.807) is 0 Å². The number of hydrogen-bond donors (Lipinski definition) is 0. The Kier molecular flexibility index (Phi) is 11.9. The van der Waals surface area contributed by atoms with Crippen molar-refractivity contribution in [3.8, 4) is 0 Å². The van der Waals surface area contributed by atoms with Gasteiger partial charge in [0.05, 0.1) is 13.2 Å². The Morgan fingerprint density at radius 1 is 0.800 bits per heavy atom. The van der Waals surface area contributed by atoms with Crippen LogP contribution in [0.2, 0.25) is 0 Å². The maximum Gasteiger partial charge on any atom is 0.0700 e. The summed E-state index contributed by atoms with van der Waals surface area (Å²) < 4.78 is 10.9. The van der Waals surface area contributed by atoms with Crippen molar-refractivity contribution in [1.82, 2.24) is 0 Å². The summed E-state index contributed by atoms with van der Waals surface area (Å²) in [7, 11) is 0. The van der Waals surface area contributed by atoms with Gasteiger partial charge in [-0.15, -0.1) is 0 Å². The van der Waals surface area contributed by atoms with E-state index in [9.17, 15) is 0 Å². The number of hydrogen-bond acceptors (Lipinski definition) is 2. The van der Waals surface area contributed by atoms with Crippen LogP contribution in [0.15, 0.2) is 0 Å². The maximum absolute atomic E-state index is 5.47. The van der Waals surface area contributed by atoms with Crippen LogP contribution in [0.25, 0.3) is 0 Å². The first-order valence-electron chi connectivity index (χ1n) is 6.42. The summed E-state index contributed by atoms with van der Waals surface area (Å²) in [6.45, 7) is 9.80. The Morgan fingerprint density at radius 3 is 2.13 bits per heavy atom. The summed E-state index contributed by atoms with van der Waals surface area (Å²) >= 11 is 0. The third-order valence-corrected chi connectivity index (χ3v) is 2.22. The summed E-state index contributed by atoms with van der Waals surface area (Å²) in [5.41, 5.74) is 0. The molecule has 0 fully saturated rings. The molecule has 0 aromatic heterocycles. The third kappa shape index (κ3) is 13.9. The van der Waals surface area contributed by atoms with Gasteiger partial charge in [-0.1, -0.05) is 46.5 Å². The normalized spacial score (nSPS) is 11.2. The molecule has 0 bridgehead atoms. The monoisotopic (exact) mass is 216 g/mol. The molecule has 0 amide bonds. The van der Waals surface area contributed by atoms with Crippen molar-refractivity contribution in [3.05, 3.63) is 0 Å². The van der Waals surface area contributed by atoms with E-state index in [-0.39, 0.29) is 0 Å². The Balaban J connectivity index is 2.87. The summed E-state index contributed by atoms with van der Waals surface area (Å²) in [5, 5.41) is 0. The highest BCUT2D eigenvalue weighted by Gasteiger charge is 1.94. The average molecular weight is 216 g/mol. The highest BCUT2D eigenvalue weighted by Crippen LogP contribution is 2.02. The van der Waals surface area contributed by atoms with Crippen molar-refractivity contribution in [3.63, 3.8) is 0 Å². The van der Waals surface area contributed by atoms with E-state index in [0.717, 1.165) is 26.4 Å². The van der Waals surface area contributed by atoms with Crippen LogP contribution in [0.4, 0.5) is 0 Å². The Morgan fingerprint density at radius 2 is 1.47 bits per heavy atom. The van der Waals surface area contributed by atoms with Crippen molar-refractivity contribution < 1.29 is 9.47 Å². The molecular weight excluding hydrogens is 188 g/mol. The van der Waals surface area contributed by atoms with Crippen LogP contribution < -0.4 is 0 Å². The molecule has 0 aromatic carbocycles. The van der Waals surface area contributed by atoms with Gasteiger partial charge in [-0.25, -0.2) is 0 Å². The van der Waals surface area contributed by atoms with Crippen LogP contribution in [0, 0.1) is 5.92 Å². The predicted molar refractivity (Wildman–Crippen MR) is 65.2 cm³/mol. The minimum absolute atomic E-state index is 0.624. The molecule has 15 heavy (non-hydrogen) atoms. The second-order valence-corrected chi connectivity index (χ2v) is 4.50. The molecule has 0 N–H and O–H groups in total. The topological polar surface area (TPSA) is 18.5 Å². The van der Waals surface area contributed by atoms with Gasteiger partial charge >= 0.3 is 0 Å². The number of unbranched alkanes of at least 4 members (excludes halogenated alkanes) is 4. The van der Waals surface area contributed by atoms with Crippen molar-refractivity contribution >= 4 is 0 Å². The van der Waals surface area contributed by atoms with Gasteiger partial charge < -0.3 is 9.47 Å². The van der Waals surface area contributed by atoms with Crippen LogP contribution in [0.1, 0.15) is 52.9 Å². The lowest BCUT2D eigenvalue weighted by Gasteiger charge is -2.07. The van der Waals surface area contributed by atoms with Gasteiger partial charge in [-0.2, -0.15) is 0 Å². The van der Waals surface area contributed by atoms with E-state index in [0.29, 0.717) is 5.92 Å². The minimum Gasteiger partial charge on any atom is -0.379 e. The molecule has 0 atom stereocenters. The SMILES string of the molecule is CCCCCCCOCCOCC(C)C. The number of ether oxygens (including phenoxy) is 2. The molecule has 0 saturated carbocycles. The first-order chi connectivity index (χ1) is 7.27. The molecule has 0 radical (unpaired) electrons. The van der Waals surface area contributed by atoms with E-state index in [2.05, 4.69) is 20.8 Å². The molecule has 0 aromatic rings. The fourth-order valence-electron chi connectivity index (χ4n) is 1.35. The summed E-state index contributed by atoms with van der Waals surface area (Å²) in [6.07, 6.45) is 6.52. The van der Waals surface area contributed by atoms with Gasteiger partial charge in [-0.3, -0.25) is 0 Å². The van der Waals surface area contributed by atoms with E-state index in [1.807, 2.05) is 0 Å². The number of rotatable bonds is 11. The fourth-order valence-corrected chi connectivity index (χ4v) is 1.35. The van der Waals surface area contributed by atoms with Crippen LogP contribution >= 0.6 is 0 Å².